The van der Waals surface area contributed by atoms with E-state index in [-0.39, 0.29) is 0 Å². The van der Waals surface area contributed by atoms with Gasteiger partial charge in [-0.15, -0.1) is 0 Å². The van der Waals surface area contributed by atoms with Gasteiger partial charge in [0, 0.05) is 17.1 Å². The van der Waals surface area contributed by atoms with E-state index < -0.39 is 0 Å². The lowest BCUT2D eigenvalue weighted by Gasteiger charge is -2.27. The molecule has 1 fully saturated rings. The molecule has 0 aromatic heterocycles. The quantitative estimate of drug-likeness (QED) is 0.762. The second kappa shape index (κ2) is 6.58. The van der Waals surface area contributed by atoms with Crippen LogP contribution in [0, 0.1) is 5.92 Å². The zero-order chi connectivity index (χ0) is 13.0. The maximum absolute atomic E-state index is 5.93. The molecule has 1 saturated carbocycles. The van der Waals surface area contributed by atoms with Crippen LogP contribution < -0.4 is 5.32 Å². The average molecular weight is 266 g/mol. The van der Waals surface area contributed by atoms with E-state index in [4.69, 9.17) is 11.6 Å². The average Bonchev–Trinajstić information content (AvgIpc) is 2.56. The van der Waals surface area contributed by atoms with Gasteiger partial charge in [0.2, 0.25) is 0 Å². The molecule has 1 aliphatic carbocycles. The van der Waals surface area contributed by atoms with Gasteiger partial charge in [0.05, 0.1) is 0 Å². The molecule has 0 radical (unpaired) electrons. The van der Waals surface area contributed by atoms with E-state index in [1.165, 1.54) is 37.7 Å². The van der Waals surface area contributed by atoms with Gasteiger partial charge in [-0.2, -0.15) is 0 Å². The fourth-order valence-electron chi connectivity index (χ4n) is 2.91. The Bertz CT molecular complexity index is 360. The second-order valence-corrected chi connectivity index (χ2v) is 6.10. The third-order valence-electron chi connectivity index (χ3n) is 4.20. The lowest BCUT2D eigenvalue weighted by molar-refractivity contribution is 0.330. The molecular weight excluding hydrogens is 242 g/mol. The Morgan fingerprint density at radius 1 is 1.11 bits per heavy atom. The molecule has 0 spiro atoms. The molecule has 1 aromatic carbocycles. The van der Waals surface area contributed by atoms with Crippen LogP contribution in [0.2, 0.25) is 5.02 Å². The van der Waals surface area contributed by atoms with E-state index in [0.29, 0.717) is 12.1 Å². The number of hydrogen-bond acceptors (Lipinski definition) is 1. The Kier molecular flexibility index (Phi) is 5.08. The van der Waals surface area contributed by atoms with E-state index in [0.717, 1.165) is 10.9 Å². The van der Waals surface area contributed by atoms with Crippen LogP contribution in [0.3, 0.4) is 0 Å². The standard InChI is InChI=1S/C16H24ClN/c1-12-6-4-3-5-7-16(12)18-13(2)14-8-10-15(17)11-9-14/h8-13,16,18H,3-7H2,1-2H3. The highest BCUT2D eigenvalue weighted by Gasteiger charge is 2.21. The minimum absolute atomic E-state index is 0.410. The van der Waals surface area contributed by atoms with Crippen molar-refractivity contribution < 1.29 is 0 Å². The first-order chi connectivity index (χ1) is 8.66. The van der Waals surface area contributed by atoms with Crippen LogP contribution in [0.25, 0.3) is 0 Å². The summed E-state index contributed by atoms with van der Waals surface area (Å²) >= 11 is 5.93. The number of rotatable bonds is 3. The predicted molar refractivity (Wildman–Crippen MR) is 79.0 cm³/mol. The SMILES string of the molecule is CC(NC1CCCCCC1C)c1ccc(Cl)cc1. The topological polar surface area (TPSA) is 12.0 Å². The first kappa shape index (κ1) is 13.9. The summed E-state index contributed by atoms with van der Waals surface area (Å²) in [5.41, 5.74) is 1.33. The van der Waals surface area contributed by atoms with Crippen LogP contribution >= 0.6 is 11.6 Å². The first-order valence-corrected chi connectivity index (χ1v) is 7.56. The molecule has 1 aliphatic rings. The van der Waals surface area contributed by atoms with Crippen molar-refractivity contribution in [1.29, 1.82) is 0 Å². The molecule has 2 rings (SSSR count). The second-order valence-electron chi connectivity index (χ2n) is 5.66. The first-order valence-electron chi connectivity index (χ1n) is 7.18. The van der Waals surface area contributed by atoms with Gasteiger partial charge in [0.1, 0.15) is 0 Å². The Balaban J connectivity index is 1.97. The van der Waals surface area contributed by atoms with Crippen molar-refractivity contribution in [3.8, 4) is 0 Å². The van der Waals surface area contributed by atoms with Gasteiger partial charge in [-0.25, -0.2) is 0 Å². The zero-order valence-electron chi connectivity index (χ0n) is 11.5. The third-order valence-corrected chi connectivity index (χ3v) is 4.45. The van der Waals surface area contributed by atoms with Crippen LogP contribution in [-0.2, 0) is 0 Å². The van der Waals surface area contributed by atoms with Crippen LogP contribution in [0.15, 0.2) is 24.3 Å². The molecule has 0 bridgehead atoms. The number of benzene rings is 1. The number of halogens is 1. The summed E-state index contributed by atoms with van der Waals surface area (Å²) in [6.07, 6.45) is 6.85. The third kappa shape index (κ3) is 3.73. The van der Waals surface area contributed by atoms with Gasteiger partial charge in [-0.3, -0.25) is 0 Å². The van der Waals surface area contributed by atoms with Crippen LogP contribution in [0.4, 0.5) is 0 Å². The highest BCUT2D eigenvalue weighted by molar-refractivity contribution is 6.30. The highest BCUT2D eigenvalue weighted by Crippen LogP contribution is 2.25. The van der Waals surface area contributed by atoms with Gasteiger partial charge in [-0.1, -0.05) is 49.9 Å². The fourth-order valence-corrected chi connectivity index (χ4v) is 3.04. The molecular formula is C16H24ClN. The Hall–Kier alpha value is -0.530. The van der Waals surface area contributed by atoms with E-state index >= 15 is 0 Å². The molecule has 3 atom stereocenters. The Labute approximate surface area is 116 Å². The van der Waals surface area contributed by atoms with Crippen molar-refractivity contribution >= 4 is 11.6 Å². The zero-order valence-corrected chi connectivity index (χ0v) is 12.2. The van der Waals surface area contributed by atoms with Gasteiger partial charge in [0.25, 0.3) is 0 Å². The van der Waals surface area contributed by atoms with Gasteiger partial charge >= 0.3 is 0 Å². The molecule has 0 aliphatic heterocycles. The van der Waals surface area contributed by atoms with Crippen molar-refractivity contribution in [2.24, 2.45) is 5.92 Å². The highest BCUT2D eigenvalue weighted by atomic mass is 35.5. The summed E-state index contributed by atoms with van der Waals surface area (Å²) in [4.78, 5) is 0. The van der Waals surface area contributed by atoms with E-state index in [1.807, 2.05) is 12.1 Å². The van der Waals surface area contributed by atoms with Crippen molar-refractivity contribution in [2.45, 2.75) is 58.0 Å². The summed E-state index contributed by atoms with van der Waals surface area (Å²) in [5, 5.41) is 4.61. The van der Waals surface area contributed by atoms with Crippen LogP contribution in [0.1, 0.15) is 57.6 Å². The molecule has 3 unspecified atom stereocenters. The van der Waals surface area contributed by atoms with E-state index in [9.17, 15) is 0 Å². The largest absolute Gasteiger partial charge is 0.307 e. The molecule has 0 amide bonds. The van der Waals surface area contributed by atoms with Crippen LogP contribution in [-0.4, -0.2) is 6.04 Å². The molecule has 100 valence electrons. The normalized spacial score (nSPS) is 26.6. The van der Waals surface area contributed by atoms with Gasteiger partial charge in [-0.05, 0) is 43.4 Å². The minimum Gasteiger partial charge on any atom is -0.307 e. The van der Waals surface area contributed by atoms with Gasteiger partial charge in [0.15, 0.2) is 0 Å². The summed E-state index contributed by atoms with van der Waals surface area (Å²) < 4.78 is 0. The molecule has 0 saturated heterocycles. The lowest BCUT2D eigenvalue weighted by atomic mass is 9.95. The molecule has 1 N–H and O–H groups in total. The lowest BCUT2D eigenvalue weighted by Crippen LogP contribution is -2.36. The van der Waals surface area contributed by atoms with Crippen LogP contribution in [0.5, 0.6) is 0 Å². The maximum atomic E-state index is 5.93. The van der Waals surface area contributed by atoms with Gasteiger partial charge < -0.3 is 5.32 Å². The monoisotopic (exact) mass is 265 g/mol. The number of hydrogen-bond donors (Lipinski definition) is 1. The molecule has 18 heavy (non-hydrogen) atoms. The molecule has 2 heteroatoms. The van der Waals surface area contributed by atoms with E-state index in [2.05, 4.69) is 31.3 Å². The maximum Gasteiger partial charge on any atom is 0.0406 e. The van der Waals surface area contributed by atoms with Crippen molar-refractivity contribution in [2.75, 3.05) is 0 Å². The smallest absolute Gasteiger partial charge is 0.0406 e. The predicted octanol–water partition coefficient (Wildman–Crippen LogP) is 4.96. The Morgan fingerprint density at radius 3 is 2.50 bits per heavy atom. The molecule has 0 heterocycles. The summed E-state index contributed by atoms with van der Waals surface area (Å²) in [7, 11) is 0. The molecule has 1 nitrogen and oxygen atoms in total. The van der Waals surface area contributed by atoms with Crippen molar-refractivity contribution in [3.05, 3.63) is 34.9 Å². The number of nitrogens with one attached hydrogen (secondary N) is 1. The molecule has 1 aromatic rings. The summed E-state index contributed by atoms with van der Waals surface area (Å²) in [6, 6.07) is 9.28. The minimum atomic E-state index is 0.410. The summed E-state index contributed by atoms with van der Waals surface area (Å²) in [6.45, 7) is 4.64. The fraction of sp³-hybridized carbons (Fsp3) is 0.625. The van der Waals surface area contributed by atoms with E-state index in [1.54, 1.807) is 0 Å². The summed E-state index contributed by atoms with van der Waals surface area (Å²) in [5.74, 6) is 0.794. The Morgan fingerprint density at radius 2 is 1.78 bits per heavy atom. The van der Waals surface area contributed by atoms with Crippen molar-refractivity contribution in [3.63, 3.8) is 0 Å². The van der Waals surface area contributed by atoms with Crippen molar-refractivity contribution in [1.82, 2.24) is 5.32 Å².